The average Bonchev–Trinajstić information content (AvgIpc) is 3.39. The maximum absolute atomic E-state index is 13.1. The number of amides is 2. The van der Waals surface area contributed by atoms with E-state index in [0.29, 0.717) is 5.56 Å². The number of ether oxygens (including phenoxy) is 1. The van der Waals surface area contributed by atoms with Gasteiger partial charge in [-0.25, -0.2) is 9.59 Å². The monoisotopic (exact) mass is 476 g/mol. The molecule has 182 valence electrons. The minimum Gasteiger partial charge on any atom is -0.480 e. The molecule has 2 amide bonds. The van der Waals surface area contributed by atoms with Gasteiger partial charge < -0.3 is 20.1 Å². The summed E-state index contributed by atoms with van der Waals surface area (Å²) in [5, 5.41) is 16.1. The second kappa shape index (κ2) is 10.0. The van der Waals surface area contributed by atoms with Crippen LogP contribution < -0.4 is 5.32 Å². The Labute approximate surface area is 203 Å². The van der Waals surface area contributed by atoms with Gasteiger partial charge in [-0.2, -0.15) is 5.10 Å². The van der Waals surface area contributed by atoms with Crippen molar-refractivity contribution in [1.82, 2.24) is 20.0 Å². The highest BCUT2D eigenvalue weighted by Gasteiger charge is 2.30. The molecular formula is C26H28N4O5. The van der Waals surface area contributed by atoms with E-state index in [2.05, 4.69) is 22.5 Å². The van der Waals surface area contributed by atoms with E-state index in [0.717, 1.165) is 22.3 Å². The number of carbonyl (C=O) groups is 3. The fourth-order valence-electron chi connectivity index (χ4n) is 4.57. The van der Waals surface area contributed by atoms with Crippen molar-refractivity contribution in [2.45, 2.75) is 32.4 Å². The van der Waals surface area contributed by atoms with Crippen molar-refractivity contribution >= 4 is 18.0 Å². The minimum absolute atomic E-state index is 0.0184. The first-order valence-electron chi connectivity index (χ1n) is 11.5. The highest BCUT2D eigenvalue weighted by atomic mass is 16.5. The van der Waals surface area contributed by atoms with Crippen molar-refractivity contribution in [3.63, 3.8) is 0 Å². The largest absolute Gasteiger partial charge is 0.480 e. The van der Waals surface area contributed by atoms with Gasteiger partial charge in [0.05, 0.1) is 12.7 Å². The Hall–Kier alpha value is -4.14. The number of hydrogen-bond donors (Lipinski definition) is 2. The third-order valence-electron chi connectivity index (χ3n) is 6.41. The normalized spacial score (nSPS) is 13.0. The molecule has 1 aliphatic rings. The molecule has 0 bridgehead atoms. The van der Waals surface area contributed by atoms with Gasteiger partial charge in [-0.1, -0.05) is 48.5 Å². The Balaban J connectivity index is 1.42. The molecule has 4 rings (SSSR count). The van der Waals surface area contributed by atoms with Crippen molar-refractivity contribution in [1.29, 1.82) is 0 Å². The predicted octanol–water partition coefficient (Wildman–Crippen LogP) is 3.39. The van der Waals surface area contributed by atoms with Crippen molar-refractivity contribution in [2.75, 3.05) is 13.2 Å². The number of nitrogens with zero attached hydrogens (tertiary/aromatic N) is 3. The molecule has 0 aliphatic heterocycles. The van der Waals surface area contributed by atoms with Gasteiger partial charge in [0.25, 0.3) is 5.91 Å². The van der Waals surface area contributed by atoms with Crippen LogP contribution in [0, 0.1) is 0 Å². The summed E-state index contributed by atoms with van der Waals surface area (Å²) in [6, 6.07) is 15.2. The highest BCUT2D eigenvalue weighted by molar-refractivity contribution is 5.96. The van der Waals surface area contributed by atoms with Crippen molar-refractivity contribution in [3.05, 3.63) is 77.1 Å². The summed E-state index contributed by atoms with van der Waals surface area (Å²) in [4.78, 5) is 38.2. The lowest BCUT2D eigenvalue weighted by Gasteiger charge is -2.25. The van der Waals surface area contributed by atoms with E-state index in [1.54, 1.807) is 14.0 Å². The summed E-state index contributed by atoms with van der Waals surface area (Å²) in [5.41, 5.74) is 5.22. The van der Waals surface area contributed by atoms with E-state index >= 15 is 0 Å². The van der Waals surface area contributed by atoms with Gasteiger partial charge in [0.1, 0.15) is 18.3 Å². The summed E-state index contributed by atoms with van der Waals surface area (Å²) in [7, 11) is 1.60. The highest BCUT2D eigenvalue weighted by Crippen LogP contribution is 2.44. The average molecular weight is 477 g/mol. The first-order valence-corrected chi connectivity index (χ1v) is 11.5. The van der Waals surface area contributed by atoms with Crippen LogP contribution in [0.1, 0.15) is 46.9 Å². The molecule has 0 fully saturated rings. The van der Waals surface area contributed by atoms with E-state index in [-0.39, 0.29) is 31.3 Å². The van der Waals surface area contributed by atoms with Gasteiger partial charge in [-0.3, -0.25) is 9.48 Å². The summed E-state index contributed by atoms with van der Waals surface area (Å²) >= 11 is 0. The van der Waals surface area contributed by atoms with Crippen LogP contribution in [0.15, 0.2) is 54.7 Å². The SMILES string of the molecule is CCN(C(=O)c1c(CNC(=O)OCC2c3ccccc3-c3ccccc32)cnn1C)C(C)C(=O)O. The fourth-order valence-corrected chi connectivity index (χ4v) is 4.57. The molecule has 0 saturated carbocycles. The zero-order valence-electron chi connectivity index (χ0n) is 19.9. The molecular weight excluding hydrogens is 448 g/mol. The number of fused-ring (bicyclic) bond motifs is 3. The number of aromatic nitrogens is 2. The number of aryl methyl sites for hydroxylation is 1. The summed E-state index contributed by atoms with van der Waals surface area (Å²) < 4.78 is 6.94. The van der Waals surface area contributed by atoms with Crippen molar-refractivity contribution < 1.29 is 24.2 Å². The third-order valence-corrected chi connectivity index (χ3v) is 6.41. The molecule has 1 heterocycles. The molecule has 2 aromatic carbocycles. The Bertz CT molecular complexity index is 1220. The number of nitrogens with one attached hydrogen (secondary N) is 1. The number of benzene rings is 2. The second-order valence-electron chi connectivity index (χ2n) is 8.43. The smallest absolute Gasteiger partial charge is 0.407 e. The number of likely N-dealkylation sites (N-methyl/N-ethyl adjacent to an activating group) is 1. The van der Waals surface area contributed by atoms with E-state index in [1.807, 2.05) is 36.4 Å². The van der Waals surface area contributed by atoms with E-state index in [4.69, 9.17) is 4.74 Å². The Morgan fingerprint density at radius 2 is 1.71 bits per heavy atom. The summed E-state index contributed by atoms with van der Waals surface area (Å²) in [6.45, 7) is 3.58. The van der Waals surface area contributed by atoms with Crippen LogP contribution in [0.4, 0.5) is 4.79 Å². The Morgan fingerprint density at radius 1 is 1.11 bits per heavy atom. The van der Waals surface area contributed by atoms with Gasteiger partial charge in [-0.05, 0) is 36.1 Å². The number of rotatable bonds is 8. The lowest BCUT2D eigenvalue weighted by atomic mass is 9.98. The first kappa shape index (κ1) is 24.0. The number of carboxylic acids is 1. The molecule has 9 nitrogen and oxygen atoms in total. The predicted molar refractivity (Wildman–Crippen MR) is 129 cm³/mol. The zero-order valence-corrected chi connectivity index (χ0v) is 19.9. The third kappa shape index (κ3) is 4.62. The van der Waals surface area contributed by atoms with Crippen LogP contribution in [0.5, 0.6) is 0 Å². The van der Waals surface area contributed by atoms with Gasteiger partial charge in [0.2, 0.25) is 0 Å². The molecule has 1 aromatic heterocycles. The van der Waals surface area contributed by atoms with Gasteiger partial charge >= 0.3 is 12.1 Å². The second-order valence-corrected chi connectivity index (χ2v) is 8.43. The zero-order chi connectivity index (χ0) is 25.1. The van der Waals surface area contributed by atoms with E-state index < -0.39 is 24.0 Å². The molecule has 0 radical (unpaired) electrons. The van der Waals surface area contributed by atoms with Crippen LogP contribution in [0.3, 0.4) is 0 Å². The Morgan fingerprint density at radius 3 is 2.29 bits per heavy atom. The number of carboxylic acid groups (broad SMARTS) is 1. The molecule has 0 saturated heterocycles. The first-order chi connectivity index (χ1) is 16.8. The number of carbonyl (C=O) groups excluding carboxylic acids is 2. The molecule has 35 heavy (non-hydrogen) atoms. The number of alkyl carbamates (subject to hydrolysis) is 1. The van der Waals surface area contributed by atoms with E-state index in [1.165, 1.54) is 22.7 Å². The minimum atomic E-state index is -1.10. The molecule has 0 spiro atoms. The standard InChI is InChI=1S/C26H28N4O5/c1-4-30(16(2)25(32)33)24(31)23-17(14-28-29(23)3)13-27-26(34)35-15-22-20-11-7-5-9-18(20)19-10-6-8-12-21(19)22/h5-12,14,16,22H,4,13,15H2,1-3H3,(H,27,34)(H,32,33). The maximum Gasteiger partial charge on any atom is 0.407 e. The van der Waals surface area contributed by atoms with Crippen molar-refractivity contribution in [2.24, 2.45) is 7.05 Å². The Kier molecular flexibility index (Phi) is 6.86. The molecule has 1 atom stereocenters. The topological polar surface area (TPSA) is 114 Å². The molecule has 1 aliphatic carbocycles. The fraction of sp³-hybridized carbons (Fsp3) is 0.308. The summed E-state index contributed by atoms with van der Waals surface area (Å²) in [6.07, 6.45) is 0.872. The maximum atomic E-state index is 13.1. The van der Waals surface area contributed by atoms with Crippen LogP contribution in [0.2, 0.25) is 0 Å². The quantitative estimate of drug-likeness (QED) is 0.515. The van der Waals surface area contributed by atoms with Gasteiger partial charge in [0.15, 0.2) is 0 Å². The summed E-state index contributed by atoms with van der Waals surface area (Å²) in [5.74, 6) is -1.62. The van der Waals surface area contributed by atoms with Gasteiger partial charge in [0, 0.05) is 25.1 Å². The van der Waals surface area contributed by atoms with Crippen LogP contribution in [-0.2, 0) is 23.1 Å². The molecule has 1 unspecified atom stereocenters. The van der Waals surface area contributed by atoms with Crippen LogP contribution in [-0.4, -0.2) is 57.0 Å². The van der Waals surface area contributed by atoms with Crippen LogP contribution in [0.25, 0.3) is 11.1 Å². The molecule has 2 N–H and O–H groups in total. The number of hydrogen-bond acceptors (Lipinski definition) is 5. The van der Waals surface area contributed by atoms with Gasteiger partial charge in [-0.15, -0.1) is 0 Å². The van der Waals surface area contributed by atoms with Crippen molar-refractivity contribution in [3.8, 4) is 11.1 Å². The lowest BCUT2D eigenvalue weighted by molar-refractivity contribution is -0.141. The van der Waals surface area contributed by atoms with Crippen LogP contribution >= 0.6 is 0 Å². The lowest BCUT2D eigenvalue weighted by Crippen LogP contribution is -2.44. The molecule has 9 heteroatoms. The van der Waals surface area contributed by atoms with E-state index in [9.17, 15) is 19.5 Å². The number of aliphatic carboxylic acids is 1. The molecule has 3 aromatic rings.